The summed E-state index contributed by atoms with van der Waals surface area (Å²) in [4.78, 5) is 55.7. The van der Waals surface area contributed by atoms with Crippen LogP contribution in [0, 0.1) is 18.3 Å². The number of carbonyl (C=O) groups is 4. The Labute approximate surface area is 247 Å². The number of Topliss-reactive ketones (excluding diaryl/α,β-unsaturated/α-hetero) is 1. The van der Waals surface area contributed by atoms with Gasteiger partial charge in [0.25, 0.3) is 0 Å². The third-order valence-corrected chi connectivity index (χ3v) is 7.46. The van der Waals surface area contributed by atoms with Crippen molar-refractivity contribution in [1.29, 1.82) is 5.26 Å². The molecule has 1 aliphatic heterocycles. The summed E-state index contributed by atoms with van der Waals surface area (Å²) < 4.78 is 55.8. The summed E-state index contributed by atoms with van der Waals surface area (Å²) in [6.07, 6.45) is -5.15. The predicted octanol–water partition coefficient (Wildman–Crippen LogP) is 4.76. The Bertz CT molecular complexity index is 1650. The number of imide groups is 1. The summed E-state index contributed by atoms with van der Waals surface area (Å²) in [5.74, 6) is -1.92. The van der Waals surface area contributed by atoms with E-state index >= 15 is 0 Å². The number of thioether (sulfide) groups is 1. The molecule has 1 unspecified atom stereocenters. The van der Waals surface area contributed by atoms with Crippen molar-refractivity contribution in [2.75, 3.05) is 25.7 Å². The minimum atomic E-state index is -4.81. The summed E-state index contributed by atoms with van der Waals surface area (Å²) in [7, 11) is 2.86. The molecule has 1 aromatic heterocycles. The minimum absolute atomic E-state index is 0.00430. The number of ether oxygens (including phenoxy) is 3. The molecule has 4 rings (SSSR count). The van der Waals surface area contributed by atoms with Crippen molar-refractivity contribution in [2.24, 2.45) is 0 Å². The number of pyridine rings is 1. The van der Waals surface area contributed by atoms with Crippen molar-refractivity contribution in [2.45, 2.75) is 29.8 Å². The number of methoxy groups -OCH3 is 2. The number of rotatable bonds is 9. The number of aryl methyl sites for hydroxylation is 1. The minimum Gasteiger partial charge on any atom is -0.493 e. The van der Waals surface area contributed by atoms with Crippen molar-refractivity contribution < 1.29 is 46.6 Å². The van der Waals surface area contributed by atoms with Crippen LogP contribution in [-0.2, 0) is 20.5 Å². The molecule has 1 aliphatic rings. The maximum Gasteiger partial charge on any atom is 0.417 e. The van der Waals surface area contributed by atoms with Gasteiger partial charge in [0.05, 0.1) is 41.8 Å². The van der Waals surface area contributed by atoms with Gasteiger partial charge in [-0.05, 0) is 55.5 Å². The van der Waals surface area contributed by atoms with E-state index in [0.29, 0.717) is 23.3 Å². The topological polar surface area (TPSA) is 136 Å². The van der Waals surface area contributed by atoms with E-state index in [0.717, 1.165) is 11.0 Å². The summed E-state index contributed by atoms with van der Waals surface area (Å²) in [6.45, 7) is 0.763. The van der Waals surface area contributed by atoms with Gasteiger partial charge in [0.2, 0.25) is 11.8 Å². The monoisotopic (exact) mass is 613 g/mol. The van der Waals surface area contributed by atoms with Crippen LogP contribution in [0.4, 0.5) is 18.9 Å². The SMILES string of the molecule is COc1ccc(C(=O)COC(=O)c2ccc(N3C(=O)CC(Sc4nc(C)cc(C(F)(F)F)c4C#N)C3=O)cc2)cc1OC. The van der Waals surface area contributed by atoms with E-state index in [2.05, 4.69) is 4.98 Å². The van der Waals surface area contributed by atoms with Gasteiger partial charge in [-0.3, -0.25) is 14.4 Å². The number of esters is 1. The van der Waals surface area contributed by atoms with E-state index < -0.39 is 52.7 Å². The smallest absolute Gasteiger partial charge is 0.417 e. The van der Waals surface area contributed by atoms with Crippen molar-refractivity contribution >= 4 is 41.0 Å². The molecular formula is C29H22F3N3O7S. The van der Waals surface area contributed by atoms with E-state index in [-0.39, 0.29) is 34.0 Å². The maximum atomic E-state index is 13.5. The molecule has 10 nitrogen and oxygen atoms in total. The zero-order chi connectivity index (χ0) is 31.5. The first-order valence-electron chi connectivity index (χ1n) is 12.4. The predicted molar refractivity (Wildman–Crippen MR) is 146 cm³/mol. The van der Waals surface area contributed by atoms with Gasteiger partial charge in [-0.15, -0.1) is 0 Å². The molecule has 43 heavy (non-hydrogen) atoms. The molecule has 1 fully saturated rings. The molecule has 3 aromatic rings. The van der Waals surface area contributed by atoms with Gasteiger partial charge in [-0.2, -0.15) is 18.4 Å². The van der Waals surface area contributed by atoms with Gasteiger partial charge < -0.3 is 14.2 Å². The lowest BCUT2D eigenvalue weighted by Gasteiger charge is -2.16. The van der Waals surface area contributed by atoms with Gasteiger partial charge in [0, 0.05) is 17.7 Å². The van der Waals surface area contributed by atoms with Crippen LogP contribution >= 0.6 is 11.8 Å². The van der Waals surface area contributed by atoms with E-state index in [4.69, 9.17) is 14.2 Å². The molecule has 0 aliphatic carbocycles. The summed E-state index contributed by atoms with van der Waals surface area (Å²) in [6, 6.07) is 12.0. The molecule has 2 heterocycles. The summed E-state index contributed by atoms with van der Waals surface area (Å²) in [5.41, 5.74) is -1.52. The zero-order valence-corrected chi connectivity index (χ0v) is 23.7. The molecule has 0 radical (unpaired) electrons. The Morgan fingerprint density at radius 3 is 2.30 bits per heavy atom. The molecular weight excluding hydrogens is 591 g/mol. The number of hydrogen-bond acceptors (Lipinski definition) is 10. The number of carbonyl (C=O) groups excluding carboxylic acids is 4. The average Bonchev–Trinajstić information content (AvgIpc) is 3.26. The van der Waals surface area contributed by atoms with Crippen LogP contribution in [-0.4, -0.2) is 54.6 Å². The lowest BCUT2D eigenvalue weighted by Crippen LogP contribution is -2.31. The van der Waals surface area contributed by atoms with E-state index in [1.807, 2.05) is 0 Å². The number of ketones is 1. The molecule has 2 aromatic carbocycles. The molecule has 0 N–H and O–H groups in total. The third-order valence-electron chi connectivity index (χ3n) is 6.29. The first kappa shape index (κ1) is 31.0. The first-order chi connectivity index (χ1) is 20.4. The van der Waals surface area contributed by atoms with Crippen LogP contribution in [0.3, 0.4) is 0 Å². The van der Waals surface area contributed by atoms with Crippen LogP contribution in [0.15, 0.2) is 53.6 Å². The molecule has 0 bridgehead atoms. The Morgan fingerprint density at radius 1 is 1.05 bits per heavy atom. The van der Waals surface area contributed by atoms with E-state index in [9.17, 15) is 37.6 Å². The van der Waals surface area contributed by atoms with Crippen molar-refractivity contribution in [3.63, 3.8) is 0 Å². The Balaban J connectivity index is 1.44. The van der Waals surface area contributed by atoms with E-state index in [1.165, 1.54) is 69.7 Å². The number of hydrogen-bond donors (Lipinski definition) is 0. The van der Waals surface area contributed by atoms with Gasteiger partial charge >= 0.3 is 12.1 Å². The fourth-order valence-electron chi connectivity index (χ4n) is 4.22. The van der Waals surface area contributed by atoms with Gasteiger partial charge in [0.15, 0.2) is 23.9 Å². The number of anilines is 1. The Kier molecular flexibility index (Phi) is 9.05. The highest BCUT2D eigenvalue weighted by atomic mass is 32.2. The molecule has 2 amide bonds. The highest BCUT2D eigenvalue weighted by molar-refractivity contribution is 8.00. The number of benzene rings is 2. The highest BCUT2D eigenvalue weighted by Gasteiger charge is 2.42. The van der Waals surface area contributed by atoms with Crippen LogP contribution in [0.5, 0.6) is 11.5 Å². The van der Waals surface area contributed by atoms with Gasteiger partial charge in [-0.1, -0.05) is 11.8 Å². The second-order valence-corrected chi connectivity index (χ2v) is 10.3. The van der Waals surface area contributed by atoms with Crippen LogP contribution in [0.25, 0.3) is 0 Å². The summed E-state index contributed by atoms with van der Waals surface area (Å²) in [5, 5.41) is 7.96. The van der Waals surface area contributed by atoms with Crippen LogP contribution in [0.2, 0.25) is 0 Å². The number of amides is 2. The van der Waals surface area contributed by atoms with Crippen LogP contribution in [0.1, 0.15) is 44.0 Å². The molecule has 0 spiro atoms. The fraction of sp³-hybridized carbons (Fsp3) is 0.241. The second kappa shape index (κ2) is 12.5. The zero-order valence-electron chi connectivity index (χ0n) is 22.9. The lowest BCUT2D eigenvalue weighted by atomic mass is 10.1. The third kappa shape index (κ3) is 6.62. The normalized spacial score (nSPS) is 14.8. The quantitative estimate of drug-likeness (QED) is 0.189. The Morgan fingerprint density at radius 2 is 1.70 bits per heavy atom. The number of nitrogens with zero attached hydrogens (tertiary/aromatic N) is 3. The van der Waals surface area contributed by atoms with E-state index in [1.54, 1.807) is 0 Å². The first-order valence-corrected chi connectivity index (χ1v) is 13.3. The molecule has 0 saturated carbocycles. The molecule has 222 valence electrons. The number of alkyl halides is 3. The average molecular weight is 614 g/mol. The van der Waals surface area contributed by atoms with Gasteiger partial charge in [0.1, 0.15) is 11.1 Å². The Hall–Kier alpha value is -4.90. The second-order valence-electron chi connectivity index (χ2n) is 9.09. The van der Waals surface area contributed by atoms with Crippen LogP contribution < -0.4 is 14.4 Å². The number of aromatic nitrogens is 1. The highest BCUT2D eigenvalue weighted by Crippen LogP contribution is 2.39. The number of halogens is 3. The molecule has 1 saturated heterocycles. The van der Waals surface area contributed by atoms with Crippen molar-refractivity contribution in [3.8, 4) is 17.6 Å². The fourth-order valence-corrected chi connectivity index (χ4v) is 5.39. The molecule has 1 atom stereocenters. The largest absolute Gasteiger partial charge is 0.493 e. The number of nitriles is 1. The molecule has 14 heteroatoms. The maximum absolute atomic E-state index is 13.5. The lowest BCUT2D eigenvalue weighted by molar-refractivity contribution is -0.138. The van der Waals surface area contributed by atoms with Gasteiger partial charge in [-0.25, -0.2) is 14.7 Å². The van der Waals surface area contributed by atoms with Crippen molar-refractivity contribution in [3.05, 3.63) is 76.5 Å². The van der Waals surface area contributed by atoms with Crippen molar-refractivity contribution in [1.82, 2.24) is 4.98 Å². The summed E-state index contributed by atoms with van der Waals surface area (Å²) >= 11 is 0.610. The standard InChI is InChI=1S/C29H22F3N3O7S/c1-15-10-20(29(30,31)32)19(13-33)26(34-15)43-24-12-25(37)35(27(24)38)18-7-4-16(5-8-18)28(39)42-14-21(36)17-6-9-22(40-2)23(11-17)41-3/h4-11,24H,12,14H2,1-3H3.